The van der Waals surface area contributed by atoms with Crippen molar-refractivity contribution in [3.63, 3.8) is 0 Å². The molecule has 7 N–H and O–H groups in total. The summed E-state index contributed by atoms with van der Waals surface area (Å²) in [5.74, 6) is -6.62. The Bertz CT molecular complexity index is 1830. The van der Waals surface area contributed by atoms with Crippen molar-refractivity contribution in [3.8, 4) is 11.5 Å². The number of carbonyl (C=O) groups is 4. The SMILES string of the molecule is Cc1cc(C2(c3cc(C)c(O)c(CN(CC(=O)O)CC(=O)O)c3)OS(=O)(=O)c3ccccc32)cc(CNC(C(=O)O)C(=O)O)c1O. The number of hydrogen-bond acceptors (Lipinski definition) is 11. The number of hydrogen-bond donors (Lipinski definition) is 7. The van der Waals surface area contributed by atoms with Gasteiger partial charge in [0.25, 0.3) is 10.1 Å². The van der Waals surface area contributed by atoms with Gasteiger partial charge in [-0.1, -0.05) is 18.2 Å². The Morgan fingerprint density at radius 3 is 1.85 bits per heavy atom. The van der Waals surface area contributed by atoms with Gasteiger partial charge < -0.3 is 30.6 Å². The fraction of sp³-hybridized carbons (Fsp3) is 0.267. The van der Waals surface area contributed by atoms with Crippen LogP contribution in [-0.2, 0) is 52.2 Å². The van der Waals surface area contributed by atoms with Crippen LogP contribution in [0.1, 0.15) is 38.9 Å². The minimum Gasteiger partial charge on any atom is -0.507 e. The standard InChI is InChI=1S/C30H30N2O13S/c1-15-7-19(9-17(26(15)37)11-31-25(28(39)40)29(41)42)30(21-5-3-4-6-22(21)46(43,44)45-30)20-8-16(2)27(38)18(10-20)12-32(13-23(33)34)14-24(35)36/h3-10,25,31,37-38H,11-14H2,1-2H3,(H,33,34)(H,35,36)(H,39,40)(H,41,42). The van der Waals surface area contributed by atoms with E-state index in [9.17, 15) is 58.2 Å². The number of nitrogens with zero attached hydrogens (tertiary/aromatic N) is 1. The van der Waals surface area contributed by atoms with Crippen molar-refractivity contribution in [2.24, 2.45) is 0 Å². The lowest BCUT2D eigenvalue weighted by atomic mass is 9.78. The number of carboxylic acid groups (broad SMARTS) is 4. The van der Waals surface area contributed by atoms with E-state index in [-0.39, 0.29) is 61.9 Å². The molecule has 46 heavy (non-hydrogen) atoms. The molecule has 0 amide bonds. The summed E-state index contributed by atoms with van der Waals surface area (Å²) in [5.41, 5.74) is -1.11. The minimum atomic E-state index is -4.45. The fourth-order valence-electron chi connectivity index (χ4n) is 5.45. The highest BCUT2D eigenvalue weighted by atomic mass is 32.2. The maximum atomic E-state index is 13.5. The minimum absolute atomic E-state index is 0.0112. The highest BCUT2D eigenvalue weighted by molar-refractivity contribution is 7.87. The van der Waals surface area contributed by atoms with Gasteiger partial charge in [0.05, 0.1) is 13.1 Å². The lowest BCUT2D eigenvalue weighted by Gasteiger charge is -2.32. The third kappa shape index (κ3) is 6.50. The molecule has 0 saturated carbocycles. The number of carboxylic acids is 4. The number of aryl methyl sites for hydroxylation is 2. The van der Waals surface area contributed by atoms with Crippen molar-refractivity contribution in [1.82, 2.24) is 10.2 Å². The van der Waals surface area contributed by atoms with Crippen molar-refractivity contribution in [1.29, 1.82) is 0 Å². The molecule has 16 heteroatoms. The molecule has 1 aliphatic heterocycles. The number of nitrogens with one attached hydrogen (secondary N) is 1. The molecule has 1 heterocycles. The van der Waals surface area contributed by atoms with Crippen LogP contribution < -0.4 is 5.32 Å². The Balaban J connectivity index is 1.98. The van der Waals surface area contributed by atoms with Gasteiger partial charge in [-0.05, 0) is 66.4 Å². The zero-order valence-electron chi connectivity index (χ0n) is 24.4. The molecule has 1 atom stereocenters. The van der Waals surface area contributed by atoms with Gasteiger partial charge in [0, 0.05) is 29.8 Å². The molecule has 0 spiro atoms. The molecule has 1 aliphatic rings. The van der Waals surface area contributed by atoms with Crippen molar-refractivity contribution < 1.29 is 62.4 Å². The van der Waals surface area contributed by atoms with E-state index in [1.54, 1.807) is 6.07 Å². The summed E-state index contributed by atoms with van der Waals surface area (Å²) >= 11 is 0. The van der Waals surface area contributed by atoms with Gasteiger partial charge in [-0.2, -0.15) is 8.42 Å². The highest BCUT2D eigenvalue weighted by Crippen LogP contribution is 2.52. The molecule has 0 bridgehead atoms. The van der Waals surface area contributed by atoms with Crippen LogP contribution in [0.3, 0.4) is 0 Å². The number of rotatable bonds is 13. The van der Waals surface area contributed by atoms with Crippen molar-refractivity contribution in [2.45, 2.75) is 43.5 Å². The topological polar surface area (TPSA) is 248 Å². The van der Waals surface area contributed by atoms with E-state index >= 15 is 0 Å². The molecule has 15 nitrogen and oxygen atoms in total. The maximum absolute atomic E-state index is 13.5. The lowest BCUT2D eigenvalue weighted by molar-refractivity contribution is -0.151. The van der Waals surface area contributed by atoms with Crippen LogP contribution in [0, 0.1) is 13.8 Å². The van der Waals surface area contributed by atoms with Crippen LogP contribution in [0.25, 0.3) is 0 Å². The van der Waals surface area contributed by atoms with Gasteiger partial charge in [-0.3, -0.25) is 19.8 Å². The first kappa shape index (κ1) is 33.9. The average Bonchev–Trinajstić information content (AvgIpc) is 3.20. The molecular weight excluding hydrogens is 628 g/mol. The summed E-state index contributed by atoms with van der Waals surface area (Å²) in [6, 6.07) is 9.41. The Hall–Kier alpha value is -5.03. The second-order valence-corrected chi connectivity index (χ2v) is 12.3. The van der Waals surface area contributed by atoms with Gasteiger partial charge in [0.2, 0.25) is 6.04 Å². The maximum Gasteiger partial charge on any atom is 0.332 e. The first-order chi connectivity index (χ1) is 21.5. The molecule has 244 valence electrons. The van der Waals surface area contributed by atoms with E-state index in [0.29, 0.717) is 0 Å². The quantitative estimate of drug-likeness (QED) is 0.101. The van der Waals surface area contributed by atoms with E-state index in [4.69, 9.17) is 4.18 Å². The second-order valence-electron chi connectivity index (χ2n) is 10.7. The normalized spacial score (nSPS) is 16.8. The number of benzene rings is 3. The largest absolute Gasteiger partial charge is 0.507 e. The molecule has 3 aromatic rings. The number of phenolic OH excluding ortho intramolecular Hbond substituents is 2. The molecule has 0 aromatic heterocycles. The first-order valence-electron chi connectivity index (χ1n) is 13.5. The Labute approximate surface area is 262 Å². The zero-order chi connectivity index (χ0) is 34.1. The Kier molecular flexibility index (Phi) is 9.39. The summed E-state index contributed by atoms with van der Waals surface area (Å²) in [6.07, 6.45) is 0. The molecule has 4 rings (SSSR count). The number of phenols is 2. The number of fused-ring (bicyclic) bond motifs is 1. The summed E-state index contributed by atoms with van der Waals surface area (Å²) in [6.45, 7) is 0.788. The molecule has 0 radical (unpaired) electrons. The van der Waals surface area contributed by atoms with Crippen molar-refractivity contribution >= 4 is 34.0 Å². The van der Waals surface area contributed by atoms with Crippen LogP contribution in [0.4, 0.5) is 0 Å². The van der Waals surface area contributed by atoms with Crippen LogP contribution in [0.15, 0.2) is 53.4 Å². The van der Waals surface area contributed by atoms with E-state index in [2.05, 4.69) is 5.32 Å². The average molecular weight is 659 g/mol. The Morgan fingerprint density at radius 2 is 1.33 bits per heavy atom. The van der Waals surface area contributed by atoms with Gasteiger partial charge in [0.15, 0.2) is 5.60 Å². The highest BCUT2D eigenvalue weighted by Gasteiger charge is 2.52. The summed E-state index contributed by atoms with van der Waals surface area (Å²) in [4.78, 5) is 46.6. The number of aromatic hydroxyl groups is 2. The summed E-state index contributed by atoms with van der Waals surface area (Å²) < 4.78 is 32.9. The summed E-state index contributed by atoms with van der Waals surface area (Å²) in [5, 5.41) is 61.3. The lowest BCUT2D eigenvalue weighted by Crippen LogP contribution is -2.43. The fourth-order valence-corrected chi connectivity index (χ4v) is 6.88. The smallest absolute Gasteiger partial charge is 0.332 e. The third-order valence-corrected chi connectivity index (χ3v) is 8.81. The first-order valence-corrected chi connectivity index (χ1v) is 14.9. The van der Waals surface area contributed by atoms with Crippen LogP contribution in [0.2, 0.25) is 0 Å². The molecular formula is C30H30N2O13S. The summed E-state index contributed by atoms with van der Waals surface area (Å²) in [7, 11) is -4.45. The van der Waals surface area contributed by atoms with Gasteiger partial charge in [-0.25, -0.2) is 13.8 Å². The number of aliphatic carboxylic acids is 4. The monoisotopic (exact) mass is 658 g/mol. The molecule has 3 aromatic carbocycles. The molecule has 0 aliphatic carbocycles. The van der Waals surface area contributed by atoms with Crippen LogP contribution in [0.5, 0.6) is 11.5 Å². The predicted molar refractivity (Wildman–Crippen MR) is 157 cm³/mol. The third-order valence-electron chi connectivity index (χ3n) is 7.44. The predicted octanol–water partition coefficient (Wildman–Crippen LogP) is 1.32. The van der Waals surface area contributed by atoms with E-state index in [1.165, 1.54) is 56.3 Å². The van der Waals surface area contributed by atoms with Crippen molar-refractivity contribution in [3.05, 3.63) is 87.5 Å². The molecule has 0 fully saturated rings. The Morgan fingerprint density at radius 1 is 0.826 bits per heavy atom. The molecule has 0 saturated heterocycles. The zero-order valence-corrected chi connectivity index (χ0v) is 25.2. The van der Waals surface area contributed by atoms with E-state index in [1.807, 2.05) is 0 Å². The van der Waals surface area contributed by atoms with E-state index in [0.717, 1.165) is 4.90 Å². The van der Waals surface area contributed by atoms with Gasteiger partial charge >= 0.3 is 23.9 Å². The van der Waals surface area contributed by atoms with Gasteiger partial charge in [0.1, 0.15) is 16.4 Å². The van der Waals surface area contributed by atoms with Crippen molar-refractivity contribution in [2.75, 3.05) is 13.1 Å². The van der Waals surface area contributed by atoms with Crippen LogP contribution in [-0.4, -0.2) is 87.0 Å². The van der Waals surface area contributed by atoms with Gasteiger partial charge in [-0.15, -0.1) is 0 Å². The second kappa shape index (κ2) is 12.8. The van der Waals surface area contributed by atoms with E-state index < -0.39 is 65.3 Å². The van der Waals surface area contributed by atoms with Crippen LogP contribution >= 0.6 is 0 Å². The molecule has 1 unspecified atom stereocenters.